The quantitative estimate of drug-likeness (QED) is 0.618. The van der Waals surface area contributed by atoms with E-state index in [0.29, 0.717) is 12.0 Å². The number of aliphatic hydroxyl groups excluding tert-OH is 2. The second kappa shape index (κ2) is 8.51. The Balaban J connectivity index is 2.82. The molecule has 0 bridgehead atoms. The lowest BCUT2D eigenvalue weighted by Gasteiger charge is -2.17. The van der Waals surface area contributed by atoms with Gasteiger partial charge in [0.1, 0.15) is 0 Å². The molecule has 0 aliphatic carbocycles. The Hall–Kier alpha value is -1.92. The van der Waals surface area contributed by atoms with Gasteiger partial charge in [0.2, 0.25) is 0 Å². The van der Waals surface area contributed by atoms with E-state index in [4.69, 9.17) is 0 Å². The van der Waals surface area contributed by atoms with Crippen molar-refractivity contribution in [2.75, 3.05) is 0 Å². The second-order valence-corrected chi connectivity index (χ2v) is 5.33. The van der Waals surface area contributed by atoms with Gasteiger partial charge in [-0.15, -0.1) is 0 Å². The number of hydrogen-bond donors (Lipinski definition) is 2. The van der Waals surface area contributed by atoms with Crippen LogP contribution in [0.15, 0.2) is 24.3 Å². The van der Waals surface area contributed by atoms with Crippen molar-refractivity contribution < 1.29 is 29.6 Å². The highest BCUT2D eigenvalue weighted by molar-refractivity contribution is 5.91. The molecule has 22 heavy (non-hydrogen) atoms. The van der Waals surface area contributed by atoms with Crippen molar-refractivity contribution in [3.05, 3.63) is 35.4 Å². The minimum absolute atomic E-state index is 0.0925. The Morgan fingerprint density at radius 3 is 2.36 bits per heavy atom. The van der Waals surface area contributed by atoms with Gasteiger partial charge in [-0.25, -0.2) is 19.4 Å². The third-order valence-corrected chi connectivity index (χ3v) is 3.18. The van der Waals surface area contributed by atoms with Crippen LogP contribution in [0.4, 0.5) is 0 Å². The van der Waals surface area contributed by atoms with E-state index in [-0.39, 0.29) is 12.0 Å². The van der Waals surface area contributed by atoms with Crippen LogP contribution >= 0.6 is 0 Å². The van der Waals surface area contributed by atoms with Crippen molar-refractivity contribution in [1.82, 2.24) is 0 Å². The van der Waals surface area contributed by atoms with Crippen molar-refractivity contribution in [1.29, 1.82) is 0 Å². The number of benzene rings is 1. The first-order chi connectivity index (χ1) is 10.4. The van der Waals surface area contributed by atoms with Gasteiger partial charge in [-0.05, 0) is 18.1 Å². The zero-order chi connectivity index (χ0) is 16.7. The maximum absolute atomic E-state index is 12.0. The first kappa shape index (κ1) is 18.1. The van der Waals surface area contributed by atoms with Crippen molar-refractivity contribution >= 4 is 11.9 Å². The fourth-order valence-electron chi connectivity index (χ4n) is 1.74. The molecule has 0 amide bonds. The first-order valence-electron chi connectivity index (χ1n) is 7.24. The van der Waals surface area contributed by atoms with E-state index in [1.165, 1.54) is 6.07 Å². The molecular formula is C16H22O6. The molecule has 6 nitrogen and oxygen atoms in total. The molecule has 1 aromatic rings. The molecule has 2 unspecified atom stereocenters. The molecule has 0 aliphatic rings. The largest absolute Gasteiger partial charge is 0.393 e. The van der Waals surface area contributed by atoms with Crippen LogP contribution in [0, 0.1) is 5.92 Å². The van der Waals surface area contributed by atoms with Gasteiger partial charge in [-0.1, -0.05) is 39.0 Å². The van der Waals surface area contributed by atoms with Crippen LogP contribution in [0.1, 0.15) is 55.6 Å². The van der Waals surface area contributed by atoms with E-state index in [9.17, 15) is 19.8 Å². The summed E-state index contributed by atoms with van der Waals surface area (Å²) in [5, 5.41) is 19.8. The molecule has 0 saturated heterocycles. The third-order valence-electron chi connectivity index (χ3n) is 3.18. The highest BCUT2D eigenvalue weighted by atomic mass is 17.2. The number of carbonyl (C=O) groups excluding carboxylic acids is 2. The highest BCUT2D eigenvalue weighted by Crippen LogP contribution is 2.24. The molecule has 1 rings (SSSR count). The SMILES string of the molecule is CCC(O)CC(O)c1ccccc1C(=O)OOC(=O)C(C)C. The van der Waals surface area contributed by atoms with Crippen LogP contribution in [0.25, 0.3) is 0 Å². The van der Waals surface area contributed by atoms with Crippen molar-refractivity contribution in [3.8, 4) is 0 Å². The second-order valence-electron chi connectivity index (χ2n) is 5.33. The lowest BCUT2D eigenvalue weighted by atomic mass is 9.97. The van der Waals surface area contributed by atoms with E-state index in [1.54, 1.807) is 39.0 Å². The van der Waals surface area contributed by atoms with Gasteiger partial charge in [0, 0.05) is 6.42 Å². The fraction of sp³-hybridized carbons (Fsp3) is 0.500. The minimum atomic E-state index is -1.01. The summed E-state index contributed by atoms with van der Waals surface area (Å²) in [5.74, 6) is -1.95. The van der Waals surface area contributed by atoms with Gasteiger partial charge in [-0.3, -0.25) is 0 Å². The van der Waals surface area contributed by atoms with Gasteiger partial charge in [0.05, 0.1) is 23.7 Å². The maximum atomic E-state index is 12.0. The number of hydrogen-bond acceptors (Lipinski definition) is 6. The molecule has 0 saturated carbocycles. The summed E-state index contributed by atoms with van der Waals surface area (Å²) in [6, 6.07) is 6.29. The zero-order valence-electron chi connectivity index (χ0n) is 13.0. The molecular weight excluding hydrogens is 288 g/mol. The summed E-state index contributed by atoms with van der Waals surface area (Å²) in [6.07, 6.45) is -1.08. The Bertz CT molecular complexity index is 511. The molecule has 0 heterocycles. The van der Waals surface area contributed by atoms with Crippen molar-refractivity contribution in [2.24, 2.45) is 5.92 Å². The molecule has 6 heteroatoms. The summed E-state index contributed by atoms with van der Waals surface area (Å²) >= 11 is 0. The Kier molecular flexibility index (Phi) is 7.01. The molecule has 0 spiro atoms. The molecule has 0 aromatic heterocycles. The van der Waals surface area contributed by atoms with Crippen LogP contribution < -0.4 is 0 Å². The average Bonchev–Trinajstić information content (AvgIpc) is 2.51. The summed E-state index contributed by atoms with van der Waals surface area (Å²) in [7, 11) is 0. The predicted octanol–water partition coefficient (Wildman–Crippen LogP) is 2.15. The van der Waals surface area contributed by atoms with Crippen LogP contribution in [0.3, 0.4) is 0 Å². The molecule has 1 aromatic carbocycles. The van der Waals surface area contributed by atoms with Gasteiger partial charge in [-0.2, -0.15) is 0 Å². The lowest BCUT2D eigenvalue weighted by molar-refractivity contribution is -0.237. The highest BCUT2D eigenvalue weighted by Gasteiger charge is 2.22. The smallest absolute Gasteiger partial charge is 0.386 e. The van der Waals surface area contributed by atoms with Gasteiger partial charge < -0.3 is 10.2 Å². The predicted molar refractivity (Wildman–Crippen MR) is 78.7 cm³/mol. The maximum Gasteiger partial charge on any atom is 0.386 e. The third kappa shape index (κ3) is 5.13. The van der Waals surface area contributed by atoms with E-state index in [2.05, 4.69) is 9.78 Å². The van der Waals surface area contributed by atoms with E-state index < -0.39 is 30.1 Å². The van der Waals surface area contributed by atoms with Gasteiger partial charge >= 0.3 is 11.9 Å². The number of carbonyl (C=O) groups is 2. The summed E-state index contributed by atoms with van der Waals surface area (Å²) in [6.45, 7) is 5.02. The summed E-state index contributed by atoms with van der Waals surface area (Å²) in [4.78, 5) is 32.2. The minimum Gasteiger partial charge on any atom is -0.393 e. The fourth-order valence-corrected chi connectivity index (χ4v) is 1.74. The summed E-state index contributed by atoms with van der Waals surface area (Å²) < 4.78 is 0. The monoisotopic (exact) mass is 310 g/mol. The van der Waals surface area contributed by atoms with Gasteiger partial charge in [0.15, 0.2) is 0 Å². The van der Waals surface area contributed by atoms with E-state index >= 15 is 0 Å². The van der Waals surface area contributed by atoms with Crippen LogP contribution in [-0.2, 0) is 14.6 Å². The van der Waals surface area contributed by atoms with Crippen molar-refractivity contribution in [2.45, 2.75) is 45.8 Å². The Labute approximate surface area is 129 Å². The molecule has 2 atom stereocenters. The Morgan fingerprint density at radius 1 is 1.14 bits per heavy atom. The molecule has 0 fully saturated rings. The molecule has 0 radical (unpaired) electrons. The molecule has 2 N–H and O–H groups in total. The normalized spacial score (nSPS) is 13.5. The standard InChI is InChI=1S/C16H22O6/c1-4-11(17)9-14(18)12-7-5-6-8-13(12)16(20)22-21-15(19)10(2)3/h5-8,10-11,14,17-18H,4,9H2,1-3H3. The van der Waals surface area contributed by atoms with E-state index in [0.717, 1.165) is 0 Å². The topological polar surface area (TPSA) is 93.1 Å². The van der Waals surface area contributed by atoms with Crippen LogP contribution in [-0.4, -0.2) is 28.3 Å². The lowest BCUT2D eigenvalue weighted by Crippen LogP contribution is -2.18. The molecule has 122 valence electrons. The Morgan fingerprint density at radius 2 is 1.77 bits per heavy atom. The van der Waals surface area contributed by atoms with Crippen molar-refractivity contribution in [3.63, 3.8) is 0 Å². The number of aliphatic hydroxyl groups is 2. The van der Waals surface area contributed by atoms with Crippen LogP contribution in [0.5, 0.6) is 0 Å². The molecule has 0 aliphatic heterocycles. The van der Waals surface area contributed by atoms with E-state index in [1.807, 2.05) is 0 Å². The average molecular weight is 310 g/mol. The van der Waals surface area contributed by atoms with Crippen LogP contribution in [0.2, 0.25) is 0 Å². The first-order valence-corrected chi connectivity index (χ1v) is 7.24. The van der Waals surface area contributed by atoms with Gasteiger partial charge in [0.25, 0.3) is 0 Å². The number of rotatable bonds is 6. The zero-order valence-corrected chi connectivity index (χ0v) is 13.0. The summed E-state index contributed by atoms with van der Waals surface area (Å²) in [5.41, 5.74) is 0.412.